The van der Waals surface area contributed by atoms with Crippen LogP contribution in [0.15, 0.2) is 108 Å². The molecule has 0 saturated carbocycles. The summed E-state index contributed by atoms with van der Waals surface area (Å²) in [5, 5.41) is 0. The number of rotatable bonds is 8. The van der Waals surface area contributed by atoms with Crippen LogP contribution in [-0.2, 0) is 30.9 Å². The zero-order valence-electron chi connectivity index (χ0n) is 33.5. The number of fused-ring (bicyclic) bond motifs is 1. The van der Waals surface area contributed by atoms with Crippen LogP contribution in [0.2, 0.25) is 0 Å². The van der Waals surface area contributed by atoms with Crippen molar-refractivity contribution in [1.82, 2.24) is 24.2 Å². The van der Waals surface area contributed by atoms with E-state index in [0.717, 1.165) is 59.9 Å². The van der Waals surface area contributed by atoms with Gasteiger partial charge in [-0.2, -0.15) is 74.0 Å². The first-order valence-electron chi connectivity index (χ1n) is 18.7. The summed E-state index contributed by atoms with van der Waals surface area (Å²) in [5.74, 6) is 0. The summed E-state index contributed by atoms with van der Waals surface area (Å²) in [4.78, 5) is 18.8. The van der Waals surface area contributed by atoms with Crippen molar-refractivity contribution in [3.05, 3.63) is 151 Å². The van der Waals surface area contributed by atoms with Gasteiger partial charge in [0, 0.05) is 60.4 Å². The number of aromatic nitrogens is 3. The summed E-state index contributed by atoms with van der Waals surface area (Å²) in [6, 6.07) is 34.1. The quantitative estimate of drug-likeness (QED) is 0.114. The molecule has 5 aromatic rings. The van der Waals surface area contributed by atoms with E-state index < -0.39 is 0 Å². The van der Waals surface area contributed by atoms with Crippen LogP contribution in [0.3, 0.4) is 0 Å². The van der Waals surface area contributed by atoms with Crippen molar-refractivity contribution in [1.29, 1.82) is 0 Å². The normalized spacial score (nSPS) is 14.9. The second-order valence-corrected chi connectivity index (χ2v) is 16.0. The third-order valence-corrected chi connectivity index (χ3v) is 10.0. The molecular formula is C46H54IrN7-5. The average molecular weight is 897 g/mol. The first kappa shape index (κ1) is 40.8. The van der Waals surface area contributed by atoms with Crippen LogP contribution in [0, 0.1) is 31.5 Å². The number of anilines is 2. The molecule has 1 radical (unpaired) electrons. The number of imidazole rings is 1. The molecule has 8 heteroatoms. The Hall–Kier alpha value is -4.39. The summed E-state index contributed by atoms with van der Waals surface area (Å²) >= 11 is 0. The van der Waals surface area contributed by atoms with E-state index in [-0.39, 0.29) is 30.9 Å². The fraction of sp³-hybridized carbons (Fsp3) is 0.348. The molecule has 0 N–H and O–H groups in total. The average Bonchev–Trinajstić information content (AvgIpc) is 3.79. The molecule has 4 heterocycles. The second-order valence-electron chi connectivity index (χ2n) is 16.0. The largest absolute Gasteiger partial charge is 0.505 e. The molecule has 0 atom stereocenters. The Morgan fingerprint density at radius 2 is 1.13 bits per heavy atom. The van der Waals surface area contributed by atoms with E-state index in [9.17, 15) is 0 Å². The van der Waals surface area contributed by atoms with Gasteiger partial charge in [0.1, 0.15) is 5.65 Å². The van der Waals surface area contributed by atoms with Gasteiger partial charge in [0.25, 0.3) is 0 Å². The van der Waals surface area contributed by atoms with Crippen molar-refractivity contribution in [3.63, 3.8) is 0 Å². The van der Waals surface area contributed by atoms with Crippen LogP contribution < -0.4 is 9.80 Å². The Morgan fingerprint density at radius 3 is 1.56 bits per heavy atom. The Labute approximate surface area is 337 Å². The zero-order valence-corrected chi connectivity index (χ0v) is 35.9. The Balaban J connectivity index is 0.000000211. The van der Waals surface area contributed by atoms with Crippen LogP contribution >= 0.6 is 0 Å². The van der Waals surface area contributed by atoms with Gasteiger partial charge in [-0.1, -0.05) is 41.5 Å². The van der Waals surface area contributed by atoms with Crippen molar-refractivity contribution >= 4 is 17.0 Å². The summed E-state index contributed by atoms with van der Waals surface area (Å²) in [7, 11) is 0. The van der Waals surface area contributed by atoms with Crippen molar-refractivity contribution in [2.75, 3.05) is 22.9 Å². The molecule has 2 aliphatic rings. The second kappa shape index (κ2) is 17.0. The van der Waals surface area contributed by atoms with Gasteiger partial charge in [-0.25, -0.2) is 4.98 Å². The van der Waals surface area contributed by atoms with Gasteiger partial charge in [0.15, 0.2) is 0 Å². The molecule has 54 heavy (non-hydrogen) atoms. The molecule has 0 unspecified atom stereocenters. The Bertz CT molecular complexity index is 1980. The number of hydrogen-bond donors (Lipinski definition) is 0. The number of unbranched alkanes of at least 4 members (excludes halogenated alkanes) is 1. The molecule has 2 aliphatic heterocycles. The van der Waals surface area contributed by atoms with E-state index >= 15 is 0 Å². The molecule has 7 nitrogen and oxygen atoms in total. The minimum atomic E-state index is -0.0215. The van der Waals surface area contributed by atoms with E-state index in [1.54, 1.807) is 0 Å². The molecule has 0 spiro atoms. The zero-order chi connectivity index (χ0) is 37.9. The van der Waals surface area contributed by atoms with E-state index in [0.29, 0.717) is 0 Å². The van der Waals surface area contributed by atoms with E-state index in [1.807, 2.05) is 60.9 Å². The predicted molar refractivity (Wildman–Crippen MR) is 218 cm³/mol. The smallest absolute Gasteiger partial charge is 0.120 e. The van der Waals surface area contributed by atoms with E-state index in [4.69, 9.17) is 4.98 Å². The van der Waals surface area contributed by atoms with Gasteiger partial charge in [0.05, 0.1) is 11.4 Å². The standard InChI is InChI=1S/C26H30N4.C20H24N3.Ir/c1-21-23(3)29(25-13-7-5-8-14-25)19-27(21)17-11-12-18-28-20-30(24(4)22(28)2)26-15-9-6-10-16-26;1-19(2,3)16-17(20(4,5)6)23-13-12-21-15(18(23)22-16)14-10-8-7-9-11-14;/h5-10,13,15,19-20H,11-12,17-18H2,1-4H3;7-10,12-13H,1-6H3;/q-4;-1;. The van der Waals surface area contributed by atoms with Gasteiger partial charge >= 0.3 is 0 Å². The van der Waals surface area contributed by atoms with E-state index in [1.165, 1.54) is 28.5 Å². The monoisotopic (exact) mass is 897 g/mol. The number of para-hydroxylation sites is 2. The summed E-state index contributed by atoms with van der Waals surface area (Å²) < 4.78 is 2.20. The predicted octanol–water partition coefficient (Wildman–Crippen LogP) is 10.5. The molecule has 3 aromatic carbocycles. The SMILES string of the molecule is CC(C)(C)c1nc2c(-c3[c-]cccc3)nccn2c1C(C)(C)C.CC1=C(C)N(c2[c-]cccc2)[CH-]N1CCCCN1[CH-]N(c2[c-]cccc2)C(C)=C1C.[Ir]. The summed E-state index contributed by atoms with van der Waals surface area (Å²) in [6.45, 7) is 28.6. The third kappa shape index (κ3) is 8.77. The minimum Gasteiger partial charge on any atom is -0.505 e. The van der Waals surface area contributed by atoms with Crippen molar-refractivity contribution in [2.24, 2.45) is 0 Å². The number of hydrogen-bond acceptors (Lipinski definition) is 6. The molecule has 2 aromatic heterocycles. The topological polar surface area (TPSA) is 43.2 Å². The molecule has 7 rings (SSSR count). The number of allylic oxidation sites excluding steroid dienone is 4. The molecule has 0 saturated heterocycles. The van der Waals surface area contributed by atoms with Crippen LogP contribution in [0.4, 0.5) is 11.4 Å². The van der Waals surface area contributed by atoms with Crippen LogP contribution in [0.5, 0.6) is 0 Å². The van der Waals surface area contributed by atoms with Crippen molar-refractivity contribution in [2.45, 2.75) is 92.9 Å². The number of benzene rings is 3. The first-order chi connectivity index (χ1) is 25.3. The van der Waals surface area contributed by atoms with Crippen molar-refractivity contribution < 1.29 is 20.1 Å². The van der Waals surface area contributed by atoms with Gasteiger partial charge in [0.2, 0.25) is 0 Å². The summed E-state index contributed by atoms with van der Waals surface area (Å²) in [5.41, 5.74) is 12.5. The van der Waals surface area contributed by atoms with Gasteiger partial charge in [-0.05, 0) is 65.0 Å². The van der Waals surface area contributed by atoms with Gasteiger partial charge in [-0.3, -0.25) is 4.98 Å². The van der Waals surface area contributed by atoms with Crippen LogP contribution in [0.1, 0.15) is 93.5 Å². The van der Waals surface area contributed by atoms with Gasteiger partial charge in [-0.15, -0.1) is 47.3 Å². The molecular weight excluding hydrogens is 843 g/mol. The van der Waals surface area contributed by atoms with Gasteiger partial charge < -0.3 is 24.0 Å². The maximum Gasteiger partial charge on any atom is 0.120 e. The molecule has 0 aliphatic carbocycles. The van der Waals surface area contributed by atoms with E-state index in [2.05, 4.69) is 154 Å². The fourth-order valence-corrected chi connectivity index (χ4v) is 6.91. The summed E-state index contributed by atoms with van der Waals surface area (Å²) in [6.07, 6.45) is 6.15. The number of nitrogens with zero attached hydrogens (tertiary/aromatic N) is 7. The maximum atomic E-state index is 5.01. The Morgan fingerprint density at radius 1 is 0.630 bits per heavy atom. The third-order valence-electron chi connectivity index (χ3n) is 10.0. The molecule has 0 fully saturated rings. The maximum absolute atomic E-state index is 5.01. The first-order valence-corrected chi connectivity index (χ1v) is 18.7. The fourth-order valence-electron chi connectivity index (χ4n) is 6.91. The van der Waals surface area contributed by atoms with Crippen molar-refractivity contribution in [3.8, 4) is 11.3 Å². The minimum absolute atomic E-state index is 0. The Kier molecular flexibility index (Phi) is 12.8. The molecule has 0 bridgehead atoms. The molecule has 287 valence electrons. The van der Waals surface area contributed by atoms with Crippen LogP contribution in [0.25, 0.3) is 16.9 Å². The van der Waals surface area contributed by atoms with Crippen LogP contribution in [-0.4, -0.2) is 37.3 Å². The molecule has 0 amide bonds.